The number of benzene rings is 1. The minimum atomic E-state index is -4.43. The third-order valence-electron chi connectivity index (χ3n) is 3.54. The number of aryl methyl sites for hydroxylation is 1. The maximum Gasteiger partial charge on any atom is 0.417 e. The number of rotatable bonds is 1. The molecule has 0 spiro atoms. The first kappa shape index (κ1) is 12.1. The lowest BCUT2D eigenvalue weighted by atomic mass is 10.1. The van der Waals surface area contributed by atoms with Crippen molar-refractivity contribution in [2.45, 2.75) is 25.1 Å². The molecular formula is C13H10F3NO2. The zero-order chi connectivity index (χ0) is 13.8. The van der Waals surface area contributed by atoms with Crippen LogP contribution in [-0.2, 0) is 17.4 Å². The van der Waals surface area contributed by atoms with E-state index < -0.39 is 23.8 Å². The Bertz CT molecular complexity index is 672. The van der Waals surface area contributed by atoms with Crippen molar-refractivity contribution in [2.75, 3.05) is 0 Å². The highest BCUT2D eigenvalue weighted by Crippen LogP contribution is 2.39. The highest BCUT2D eigenvalue weighted by molar-refractivity contribution is 5.88. The van der Waals surface area contributed by atoms with E-state index in [0.717, 1.165) is 6.07 Å². The molecule has 3 rings (SSSR count). The summed E-state index contributed by atoms with van der Waals surface area (Å²) in [7, 11) is 0. The van der Waals surface area contributed by atoms with E-state index in [1.54, 1.807) is 0 Å². The van der Waals surface area contributed by atoms with Gasteiger partial charge in [0.15, 0.2) is 0 Å². The Balaban J connectivity index is 2.29. The lowest BCUT2D eigenvalue weighted by Crippen LogP contribution is -2.15. The molecule has 0 fully saturated rings. The maximum atomic E-state index is 12.9. The molecule has 0 saturated heterocycles. The summed E-state index contributed by atoms with van der Waals surface area (Å²) in [6.07, 6.45) is -3.51. The Hall–Kier alpha value is -1.98. The van der Waals surface area contributed by atoms with E-state index in [1.807, 2.05) is 0 Å². The molecular weight excluding hydrogens is 259 g/mol. The van der Waals surface area contributed by atoms with E-state index in [1.165, 1.54) is 22.8 Å². The standard InChI is InChI=1S/C13H10F3NO2/c14-13(15,16)9-2-1-3-10-8(9)6-7-4-5-11(12(18)19)17(7)10/h1-3,6,11H,4-5H2,(H,18,19). The Labute approximate surface area is 106 Å². The van der Waals surface area contributed by atoms with Gasteiger partial charge in [-0.1, -0.05) is 6.07 Å². The van der Waals surface area contributed by atoms with Crippen LogP contribution >= 0.6 is 0 Å². The Morgan fingerprint density at radius 1 is 1.37 bits per heavy atom. The Morgan fingerprint density at radius 2 is 2.11 bits per heavy atom. The molecule has 1 atom stereocenters. The van der Waals surface area contributed by atoms with E-state index in [-0.39, 0.29) is 5.39 Å². The monoisotopic (exact) mass is 269 g/mol. The van der Waals surface area contributed by atoms with Crippen LogP contribution in [0, 0.1) is 0 Å². The van der Waals surface area contributed by atoms with Gasteiger partial charge in [0, 0.05) is 16.6 Å². The van der Waals surface area contributed by atoms with E-state index in [4.69, 9.17) is 5.11 Å². The van der Waals surface area contributed by atoms with Crippen molar-refractivity contribution in [1.29, 1.82) is 0 Å². The van der Waals surface area contributed by atoms with Crippen LogP contribution in [0.1, 0.15) is 23.7 Å². The molecule has 1 unspecified atom stereocenters. The lowest BCUT2D eigenvalue weighted by molar-refractivity contribution is -0.140. The maximum absolute atomic E-state index is 12.9. The summed E-state index contributed by atoms with van der Waals surface area (Å²) in [5, 5.41) is 9.20. The fourth-order valence-electron chi connectivity index (χ4n) is 2.76. The molecule has 1 aromatic heterocycles. The van der Waals surface area contributed by atoms with E-state index >= 15 is 0 Å². The number of aliphatic carboxylic acids is 1. The fourth-order valence-corrected chi connectivity index (χ4v) is 2.76. The summed E-state index contributed by atoms with van der Waals surface area (Å²) >= 11 is 0. The van der Waals surface area contributed by atoms with Crippen LogP contribution in [0.5, 0.6) is 0 Å². The van der Waals surface area contributed by atoms with Crippen LogP contribution in [0.4, 0.5) is 13.2 Å². The first-order valence-corrected chi connectivity index (χ1v) is 5.82. The normalized spacial score (nSPS) is 18.8. The van der Waals surface area contributed by atoms with Crippen molar-refractivity contribution < 1.29 is 23.1 Å². The number of fused-ring (bicyclic) bond motifs is 3. The molecule has 6 heteroatoms. The van der Waals surface area contributed by atoms with Gasteiger partial charge in [0.25, 0.3) is 0 Å². The van der Waals surface area contributed by atoms with Crippen LogP contribution in [0.15, 0.2) is 24.3 Å². The van der Waals surface area contributed by atoms with Crippen molar-refractivity contribution in [2.24, 2.45) is 0 Å². The number of hydrogen-bond acceptors (Lipinski definition) is 1. The molecule has 3 nitrogen and oxygen atoms in total. The molecule has 100 valence electrons. The number of carboxylic acid groups (broad SMARTS) is 1. The van der Waals surface area contributed by atoms with Crippen LogP contribution < -0.4 is 0 Å². The van der Waals surface area contributed by atoms with Gasteiger partial charge in [0.2, 0.25) is 0 Å². The lowest BCUT2D eigenvalue weighted by Gasteiger charge is -2.12. The third kappa shape index (κ3) is 1.70. The van der Waals surface area contributed by atoms with Gasteiger partial charge in [-0.2, -0.15) is 13.2 Å². The zero-order valence-electron chi connectivity index (χ0n) is 9.74. The van der Waals surface area contributed by atoms with Crippen LogP contribution in [0.25, 0.3) is 10.9 Å². The van der Waals surface area contributed by atoms with Crippen molar-refractivity contribution >= 4 is 16.9 Å². The van der Waals surface area contributed by atoms with Gasteiger partial charge < -0.3 is 9.67 Å². The van der Waals surface area contributed by atoms with Gasteiger partial charge in [-0.15, -0.1) is 0 Å². The van der Waals surface area contributed by atoms with E-state index in [0.29, 0.717) is 24.1 Å². The number of aromatic nitrogens is 1. The number of alkyl halides is 3. The Kier molecular flexibility index (Phi) is 2.39. The summed E-state index contributed by atoms with van der Waals surface area (Å²) in [5.41, 5.74) is 0.282. The molecule has 0 aliphatic carbocycles. The van der Waals surface area contributed by atoms with Gasteiger partial charge >= 0.3 is 12.1 Å². The van der Waals surface area contributed by atoms with E-state index in [2.05, 4.69) is 0 Å². The van der Waals surface area contributed by atoms with Gasteiger partial charge in [0.1, 0.15) is 6.04 Å². The molecule has 0 radical (unpaired) electrons. The summed E-state index contributed by atoms with van der Waals surface area (Å²) < 4.78 is 40.2. The highest BCUT2D eigenvalue weighted by atomic mass is 19.4. The summed E-state index contributed by atoms with van der Waals surface area (Å²) in [4.78, 5) is 11.1. The zero-order valence-corrected chi connectivity index (χ0v) is 9.74. The second-order valence-electron chi connectivity index (χ2n) is 4.63. The average Bonchev–Trinajstić information content (AvgIpc) is 2.84. The van der Waals surface area contributed by atoms with E-state index in [9.17, 15) is 18.0 Å². The molecule has 2 aromatic rings. The molecule has 1 aliphatic heterocycles. The van der Waals surface area contributed by atoms with Crippen molar-refractivity contribution in [1.82, 2.24) is 4.57 Å². The third-order valence-corrected chi connectivity index (χ3v) is 3.54. The second-order valence-corrected chi connectivity index (χ2v) is 4.63. The number of halogens is 3. The molecule has 0 bridgehead atoms. The predicted octanol–water partition coefficient (Wildman–Crippen LogP) is 3.23. The first-order chi connectivity index (χ1) is 8.89. The highest BCUT2D eigenvalue weighted by Gasteiger charge is 2.36. The number of carbonyl (C=O) groups is 1. The number of hydrogen-bond donors (Lipinski definition) is 1. The van der Waals surface area contributed by atoms with Gasteiger partial charge in [-0.05, 0) is 31.0 Å². The minimum absolute atomic E-state index is 0.0796. The summed E-state index contributed by atoms with van der Waals surface area (Å²) in [6, 6.07) is 4.57. The molecule has 19 heavy (non-hydrogen) atoms. The molecule has 0 saturated carbocycles. The molecule has 2 heterocycles. The number of carboxylic acids is 1. The Morgan fingerprint density at radius 3 is 2.74 bits per heavy atom. The predicted molar refractivity (Wildman–Crippen MR) is 61.9 cm³/mol. The molecule has 0 amide bonds. The topological polar surface area (TPSA) is 42.2 Å². The summed E-state index contributed by atoms with van der Waals surface area (Å²) in [5.74, 6) is -1.01. The second kappa shape index (κ2) is 3.76. The van der Waals surface area contributed by atoms with Crippen molar-refractivity contribution in [3.8, 4) is 0 Å². The van der Waals surface area contributed by atoms with Gasteiger partial charge in [0.05, 0.1) is 5.56 Å². The molecule has 1 aliphatic rings. The summed E-state index contributed by atoms with van der Waals surface area (Å²) in [6.45, 7) is 0. The minimum Gasteiger partial charge on any atom is -0.480 e. The molecule has 1 aromatic carbocycles. The smallest absolute Gasteiger partial charge is 0.417 e. The average molecular weight is 269 g/mol. The van der Waals surface area contributed by atoms with Crippen molar-refractivity contribution in [3.63, 3.8) is 0 Å². The van der Waals surface area contributed by atoms with Gasteiger partial charge in [-0.3, -0.25) is 0 Å². The van der Waals surface area contributed by atoms with Crippen molar-refractivity contribution in [3.05, 3.63) is 35.5 Å². The number of nitrogens with zero attached hydrogens (tertiary/aromatic N) is 1. The van der Waals surface area contributed by atoms with Gasteiger partial charge in [-0.25, -0.2) is 4.79 Å². The molecule has 1 N–H and O–H groups in total. The SMILES string of the molecule is O=C(O)C1CCc2cc3c(C(F)(F)F)cccc3n21. The van der Waals surface area contributed by atoms with Crippen LogP contribution in [0.3, 0.4) is 0 Å². The fraction of sp³-hybridized carbons (Fsp3) is 0.308. The van der Waals surface area contributed by atoms with Crippen LogP contribution in [-0.4, -0.2) is 15.6 Å². The quantitative estimate of drug-likeness (QED) is 0.863. The first-order valence-electron chi connectivity index (χ1n) is 5.82. The largest absolute Gasteiger partial charge is 0.480 e. The van der Waals surface area contributed by atoms with Crippen LogP contribution in [0.2, 0.25) is 0 Å².